The summed E-state index contributed by atoms with van der Waals surface area (Å²) in [4.78, 5) is 16.2. The Kier molecular flexibility index (Phi) is 8.14. The number of benzene rings is 1. The fourth-order valence-corrected chi connectivity index (χ4v) is 3.94. The van der Waals surface area contributed by atoms with Crippen LogP contribution in [0.25, 0.3) is 0 Å². The van der Waals surface area contributed by atoms with Crippen LogP contribution in [0.15, 0.2) is 24.3 Å². The van der Waals surface area contributed by atoms with Crippen LogP contribution in [0.4, 0.5) is 0 Å². The van der Waals surface area contributed by atoms with Gasteiger partial charge in [-0.2, -0.15) is 4.33 Å². The van der Waals surface area contributed by atoms with Gasteiger partial charge >= 0.3 is 0 Å². The maximum atomic E-state index is 10.8. The molecule has 1 aromatic rings. The van der Waals surface area contributed by atoms with Crippen LogP contribution in [0, 0.1) is 0 Å². The number of hydrogen-bond donors (Lipinski definition) is 4. The highest BCUT2D eigenvalue weighted by molar-refractivity contribution is 8.11. The lowest BCUT2D eigenvalue weighted by molar-refractivity contribution is -0.212. The highest BCUT2D eigenvalue weighted by Gasteiger charge is 2.24. The van der Waals surface area contributed by atoms with Crippen molar-refractivity contribution in [1.82, 2.24) is 10.2 Å². The molecule has 1 aliphatic rings. The van der Waals surface area contributed by atoms with Gasteiger partial charge in [-0.15, -0.1) is 0 Å². The van der Waals surface area contributed by atoms with Crippen LogP contribution in [0.1, 0.15) is 37.7 Å². The molecular formula is C15H23ClN2O4S. The Morgan fingerprint density at radius 1 is 1.30 bits per heavy atom. The Morgan fingerprint density at radius 3 is 2.87 bits per heavy atom. The number of unbranched alkanes of at least 4 members (excludes halogenated alkanes) is 3. The molecule has 6 nitrogen and oxygen atoms in total. The largest absolute Gasteiger partial charge is 0.289 e. The zero-order valence-electron chi connectivity index (χ0n) is 12.8. The second kappa shape index (κ2) is 10.1. The van der Waals surface area contributed by atoms with Gasteiger partial charge in [0.25, 0.3) is 0 Å². The second-order valence-electron chi connectivity index (χ2n) is 5.39. The number of nitrogens with one attached hydrogen (secondary N) is 2. The monoisotopic (exact) mass is 362 g/mol. The summed E-state index contributed by atoms with van der Waals surface area (Å²) >= 11 is 5.38. The number of hydroxylamine groups is 1. The van der Waals surface area contributed by atoms with E-state index < -0.39 is 11.4 Å². The molecule has 1 aliphatic heterocycles. The Balaban J connectivity index is 1.57. The fraction of sp³-hybridized carbons (Fsp3) is 0.533. The number of carbonyl (C=O) groups is 1. The van der Waals surface area contributed by atoms with E-state index in [2.05, 4.69) is 4.72 Å². The molecule has 2 unspecified atom stereocenters. The fourth-order valence-electron chi connectivity index (χ4n) is 2.30. The molecule has 130 valence electrons. The Morgan fingerprint density at radius 2 is 2.09 bits per heavy atom. The van der Waals surface area contributed by atoms with E-state index in [4.69, 9.17) is 26.0 Å². The molecule has 0 radical (unpaired) electrons. The molecule has 0 aliphatic carbocycles. The third-order valence-corrected chi connectivity index (χ3v) is 5.47. The molecule has 3 N–H and O–H groups in total. The summed E-state index contributed by atoms with van der Waals surface area (Å²) in [5.41, 5.74) is 2.67. The highest BCUT2D eigenvalue weighted by atomic mass is 35.5. The zero-order chi connectivity index (χ0) is 16.5. The molecule has 2 atom stereocenters. The minimum Gasteiger partial charge on any atom is -0.289 e. The minimum atomic E-state index is -0.761. The van der Waals surface area contributed by atoms with Crippen LogP contribution in [-0.2, 0) is 20.4 Å². The molecule has 2 rings (SSSR count). The average molecular weight is 363 g/mol. The number of halogens is 1. The third kappa shape index (κ3) is 6.66. The quantitative estimate of drug-likeness (QED) is 0.178. The van der Waals surface area contributed by atoms with Gasteiger partial charge in [-0.3, -0.25) is 10.0 Å². The van der Waals surface area contributed by atoms with Crippen LogP contribution in [0.2, 0.25) is 5.02 Å². The molecule has 1 fully saturated rings. The first-order valence-electron chi connectivity index (χ1n) is 7.72. The number of carbonyl (C=O) groups excluding carboxylic acids is 1. The van der Waals surface area contributed by atoms with Crippen molar-refractivity contribution >= 4 is 28.9 Å². The lowest BCUT2D eigenvalue weighted by Crippen LogP contribution is -2.23. The van der Waals surface area contributed by atoms with Gasteiger partial charge in [0.1, 0.15) is 0 Å². The number of rotatable bonds is 9. The van der Waals surface area contributed by atoms with Gasteiger partial charge in [0.15, 0.2) is 6.23 Å². The molecule has 23 heavy (non-hydrogen) atoms. The summed E-state index contributed by atoms with van der Waals surface area (Å²) < 4.78 is 8.70. The Labute approximate surface area is 144 Å². The number of amides is 1. The number of hydrogen-bond acceptors (Lipinski definition) is 5. The number of thiol groups is 1. The predicted molar refractivity (Wildman–Crippen MR) is 91.1 cm³/mol. The molecule has 8 heteroatoms. The van der Waals surface area contributed by atoms with Crippen molar-refractivity contribution in [2.75, 3.05) is 5.75 Å². The third-order valence-electron chi connectivity index (χ3n) is 3.54. The Hall–Kier alpha value is -0.830. The maximum absolute atomic E-state index is 10.8. The van der Waals surface area contributed by atoms with Crippen molar-refractivity contribution in [1.29, 1.82) is 0 Å². The van der Waals surface area contributed by atoms with E-state index in [1.54, 1.807) is 5.48 Å². The molecule has 0 bridgehead atoms. The van der Waals surface area contributed by atoms with Crippen molar-refractivity contribution < 1.29 is 19.2 Å². The first kappa shape index (κ1) is 18.5. The van der Waals surface area contributed by atoms with Crippen LogP contribution >= 0.6 is 23.0 Å². The summed E-state index contributed by atoms with van der Waals surface area (Å²) in [6, 6.07) is 7.71. The van der Waals surface area contributed by atoms with Gasteiger partial charge in [-0.25, -0.2) is 15.1 Å². The SMILES string of the molecule is O=C(CCCCCC[SH]1NC(Cc2ccccc2Cl)OO1)NO. The van der Waals surface area contributed by atoms with E-state index in [0.29, 0.717) is 12.8 Å². The predicted octanol–water partition coefficient (Wildman–Crippen LogP) is 3.05. The van der Waals surface area contributed by atoms with E-state index in [0.717, 1.165) is 42.0 Å². The van der Waals surface area contributed by atoms with E-state index in [1.807, 2.05) is 24.3 Å². The lowest BCUT2D eigenvalue weighted by Gasteiger charge is -2.12. The summed E-state index contributed by atoms with van der Waals surface area (Å²) in [5.74, 6) is 0.589. The molecule has 1 heterocycles. The van der Waals surface area contributed by atoms with Gasteiger partial charge in [0.2, 0.25) is 5.91 Å². The summed E-state index contributed by atoms with van der Waals surface area (Å²) in [7, 11) is 0. The first-order chi connectivity index (χ1) is 11.2. The second-order valence-corrected chi connectivity index (χ2v) is 7.40. The van der Waals surface area contributed by atoms with Crippen molar-refractivity contribution in [2.45, 2.75) is 44.8 Å². The van der Waals surface area contributed by atoms with E-state index in [1.165, 1.54) is 0 Å². The minimum absolute atomic E-state index is 0.158. The zero-order valence-corrected chi connectivity index (χ0v) is 14.5. The van der Waals surface area contributed by atoms with Crippen molar-refractivity contribution in [3.8, 4) is 0 Å². The summed E-state index contributed by atoms with van der Waals surface area (Å²) in [6.45, 7) is 0. The van der Waals surface area contributed by atoms with E-state index in [9.17, 15) is 4.79 Å². The first-order valence-corrected chi connectivity index (χ1v) is 9.55. The average Bonchev–Trinajstić information content (AvgIpc) is 3.00. The van der Waals surface area contributed by atoms with Crippen molar-refractivity contribution in [3.63, 3.8) is 0 Å². The van der Waals surface area contributed by atoms with Crippen LogP contribution < -0.4 is 10.2 Å². The molecule has 0 saturated carbocycles. The standard InChI is InChI=1S/C15H23ClN2O4S/c16-13-8-5-4-7-12(13)11-15-18-23(22-21-15)10-6-2-1-3-9-14(19)17-20/h4-5,7-8,15,18,20,23H,1-3,6,9-11H2,(H,17,19). The van der Waals surface area contributed by atoms with Gasteiger partial charge in [-0.05, 0) is 24.5 Å². The van der Waals surface area contributed by atoms with Gasteiger partial charge < -0.3 is 0 Å². The molecular weight excluding hydrogens is 340 g/mol. The van der Waals surface area contributed by atoms with Crippen molar-refractivity contribution in [3.05, 3.63) is 34.9 Å². The topological polar surface area (TPSA) is 79.8 Å². The van der Waals surface area contributed by atoms with Gasteiger partial charge in [-0.1, -0.05) is 54.0 Å². The van der Waals surface area contributed by atoms with E-state index in [-0.39, 0.29) is 12.1 Å². The summed E-state index contributed by atoms with van der Waals surface area (Å²) in [5, 5.41) is 9.12. The highest BCUT2D eigenvalue weighted by Crippen LogP contribution is 2.33. The Bertz CT molecular complexity index is 506. The smallest absolute Gasteiger partial charge is 0.243 e. The van der Waals surface area contributed by atoms with Crippen LogP contribution in [-0.4, -0.2) is 23.1 Å². The normalized spacial score (nSPS) is 22.2. The lowest BCUT2D eigenvalue weighted by atomic mass is 10.1. The van der Waals surface area contributed by atoms with E-state index >= 15 is 0 Å². The molecule has 0 spiro atoms. The van der Waals surface area contributed by atoms with Gasteiger partial charge in [0.05, 0.1) is 0 Å². The van der Waals surface area contributed by atoms with Crippen molar-refractivity contribution in [2.24, 2.45) is 0 Å². The molecule has 1 saturated heterocycles. The van der Waals surface area contributed by atoms with Crippen LogP contribution in [0.3, 0.4) is 0 Å². The summed E-state index contributed by atoms with van der Waals surface area (Å²) in [6.07, 6.45) is 4.66. The maximum Gasteiger partial charge on any atom is 0.243 e. The van der Waals surface area contributed by atoms with Crippen LogP contribution in [0.5, 0.6) is 0 Å². The molecule has 1 aromatic carbocycles. The van der Waals surface area contributed by atoms with Gasteiger partial charge in [0, 0.05) is 23.6 Å². The molecule has 1 amide bonds. The molecule has 0 aromatic heterocycles.